The summed E-state index contributed by atoms with van der Waals surface area (Å²) in [7, 11) is 0. The van der Waals surface area contributed by atoms with Gasteiger partial charge in [-0.25, -0.2) is 15.8 Å². The molecular weight excluding hydrogens is 489 g/mol. The van der Waals surface area contributed by atoms with Gasteiger partial charge in [0.05, 0.1) is 18.0 Å². The number of carbonyl (C=O) groups excluding carboxylic acids is 1. The molecule has 0 spiro atoms. The van der Waals surface area contributed by atoms with E-state index in [1.165, 1.54) is 24.3 Å². The van der Waals surface area contributed by atoms with Gasteiger partial charge in [-0.3, -0.25) is 10.2 Å². The van der Waals surface area contributed by atoms with E-state index in [1.54, 1.807) is 31.2 Å². The molecule has 0 unspecified atom stereocenters. The van der Waals surface area contributed by atoms with Crippen molar-refractivity contribution in [2.75, 3.05) is 19.8 Å². The standard InChI is InChI=1S/C25H21F3N6O3/c1-3-12-36-13-14-37-19-10-6-17(7-11-19)21-15(2)20(30-22(31-21)23(35)32-29)16-4-8-18(9-5-16)24(33-34-24)25(26,27)28/h1,4-11H,12-14,29H2,2H3,(H,32,35). The van der Waals surface area contributed by atoms with Crippen LogP contribution in [0.2, 0.25) is 0 Å². The maximum absolute atomic E-state index is 13.4. The van der Waals surface area contributed by atoms with Crippen molar-refractivity contribution < 1.29 is 27.4 Å². The Bertz CT molecular complexity index is 1360. The van der Waals surface area contributed by atoms with Crippen molar-refractivity contribution in [3.63, 3.8) is 0 Å². The van der Waals surface area contributed by atoms with E-state index in [4.69, 9.17) is 21.7 Å². The predicted molar refractivity (Wildman–Crippen MR) is 127 cm³/mol. The van der Waals surface area contributed by atoms with Gasteiger partial charge in [-0.15, -0.1) is 16.7 Å². The zero-order valence-electron chi connectivity index (χ0n) is 19.5. The van der Waals surface area contributed by atoms with Gasteiger partial charge >= 0.3 is 17.7 Å². The Morgan fingerprint density at radius 3 is 2.08 bits per heavy atom. The number of alkyl halides is 3. The van der Waals surface area contributed by atoms with Crippen LogP contribution in [0, 0.1) is 19.3 Å². The van der Waals surface area contributed by atoms with Gasteiger partial charge in [-0.1, -0.05) is 30.2 Å². The molecule has 1 aromatic heterocycles. The predicted octanol–water partition coefficient (Wildman–Crippen LogP) is 3.93. The average molecular weight is 510 g/mol. The van der Waals surface area contributed by atoms with E-state index in [1.807, 2.05) is 5.43 Å². The van der Waals surface area contributed by atoms with E-state index in [-0.39, 0.29) is 18.0 Å². The summed E-state index contributed by atoms with van der Waals surface area (Å²) in [4.78, 5) is 21.0. The summed E-state index contributed by atoms with van der Waals surface area (Å²) in [5.74, 6) is 7.32. The van der Waals surface area contributed by atoms with Gasteiger partial charge in [-0.05, 0) is 31.2 Å². The highest BCUT2D eigenvalue weighted by molar-refractivity contribution is 5.91. The number of ether oxygens (including phenoxy) is 2. The summed E-state index contributed by atoms with van der Waals surface area (Å²) < 4.78 is 50.8. The van der Waals surface area contributed by atoms with Gasteiger partial charge in [-0.2, -0.15) is 13.2 Å². The van der Waals surface area contributed by atoms with E-state index in [2.05, 4.69) is 26.1 Å². The van der Waals surface area contributed by atoms with E-state index < -0.39 is 17.7 Å². The van der Waals surface area contributed by atoms with Crippen LogP contribution >= 0.6 is 0 Å². The number of aromatic nitrogens is 2. The first-order valence-corrected chi connectivity index (χ1v) is 11.0. The largest absolute Gasteiger partial charge is 0.491 e. The Hall–Kier alpha value is -4.34. The van der Waals surface area contributed by atoms with E-state index in [9.17, 15) is 18.0 Å². The average Bonchev–Trinajstić information content (AvgIpc) is 3.71. The summed E-state index contributed by atoms with van der Waals surface area (Å²) in [6.07, 6.45) is 0.492. The lowest BCUT2D eigenvalue weighted by Gasteiger charge is -2.16. The van der Waals surface area contributed by atoms with Crippen LogP contribution in [-0.2, 0) is 10.4 Å². The van der Waals surface area contributed by atoms with Crippen molar-refractivity contribution in [2.24, 2.45) is 16.1 Å². The molecule has 37 heavy (non-hydrogen) atoms. The number of nitrogens with one attached hydrogen (secondary N) is 1. The summed E-state index contributed by atoms with van der Waals surface area (Å²) in [6.45, 7) is 2.60. The smallest absolute Gasteiger partial charge is 0.442 e. The van der Waals surface area contributed by atoms with Crippen LogP contribution < -0.4 is 16.0 Å². The molecule has 1 aliphatic rings. The molecule has 2 aromatic carbocycles. The second kappa shape index (κ2) is 10.3. The monoisotopic (exact) mass is 510 g/mol. The molecule has 9 nitrogen and oxygen atoms in total. The highest BCUT2D eigenvalue weighted by atomic mass is 19.4. The lowest BCUT2D eigenvalue weighted by atomic mass is 9.97. The van der Waals surface area contributed by atoms with Gasteiger partial charge in [0.2, 0.25) is 5.82 Å². The Balaban J connectivity index is 1.65. The molecule has 3 aromatic rings. The third-order valence-corrected chi connectivity index (χ3v) is 5.55. The van der Waals surface area contributed by atoms with Crippen LogP contribution in [-0.4, -0.2) is 41.9 Å². The molecule has 0 saturated heterocycles. The Labute approximate surface area is 209 Å². The third-order valence-electron chi connectivity index (χ3n) is 5.55. The maximum Gasteiger partial charge on any atom is 0.442 e. The van der Waals surface area contributed by atoms with E-state index >= 15 is 0 Å². The minimum atomic E-state index is -4.64. The van der Waals surface area contributed by atoms with Gasteiger partial charge in [0.25, 0.3) is 0 Å². The van der Waals surface area contributed by atoms with Gasteiger partial charge in [0.15, 0.2) is 0 Å². The van der Waals surface area contributed by atoms with Crippen LogP contribution in [0.3, 0.4) is 0 Å². The summed E-state index contributed by atoms with van der Waals surface area (Å²) in [6, 6.07) is 12.5. The third kappa shape index (κ3) is 5.28. The lowest BCUT2D eigenvalue weighted by Crippen LogP contribution is -2.32. The quantitative estimate of drug-likeness (QED) is 0.148. The van der Waals surface area contributed by atoms with Crippen molar-refractivity contribution >= 4 is 5.91 Å². The Morgan fingerprint density at radius 2 is 1.59 bits per heavy atom. The Kier molecular flexibility index (Phi) is 7.19. The van der Waals surface area contributed by atoms with Crippen molar-refractivity contribution in [1.29, 1.82) is 0 Å². The van der Waals surface area contributed by atoms with Gasteiger partial charge in [0.1, 0.15) is 19.0 Å². The minimum Gasteiger partial charge on any atom is -0.491 e. The molecular formula is C25H21F3N6O3. The van der Waals surface area contributed by atoms with Crippen molar-refractivity contribution in [1.82, 2.24) is 15.4 Å². The van der Waals surface area contributed by atoms with Crippen molar-refractivity contribution in [3.05, 3.63) is 65.5 Å². The van der Waals surface area contributed by atoms with Gasteiger partial charge < -0.3 is 9.47 Å². The van der Waals surface area contributed by atoms with Crippen molar-refractivity contribution in [2.45, 2.75) is 18.8 Å². The molecule has 4 rings (SSSR count). The highest BCUT2D eigenvalue weighted by Crippen LogP contribution is 2.52. The normalized spacial score (nSPS) is 13.6. The molecule has 3 N–H and O–H groups in total. The minimum absolute atomic E-state index is 0.115. The number of hydrazine groups is 1. The first kappa shape index (κ1) is 25.7. The number of nitrogens with zero attached hydrogens (tertiary/aromatic N) is 4. The number of benzene rings is 2. The van der Waals surface area contributed by atoms with Crippen molar-refractivity contribution in [3.8, 4) is 40.6 Å². The molecule has 0 aliphatic carbocycles. The fourth-order valence-electron chi connectivity index (χ4n) is 3.61. The molecule has 12 heteroatoms. The highest BCUT2D eigenvalue weighted by Gasteiger charge is 2.65. The second-order valence-corrected chi connectivity index (χ2v) is 7.92. The van der Waals surface area contributed by atoms with Crippen LogP contribution in [0.5, 0.6) is 5.75 Å². The molecule has 190 valence electrons. The van der Waals surface area contributed by atoms with E-state index in [0.29, 0.717) is 47.0 Å². The summed E-state index contributed by atoms with van der Waals surface area (Å²) >= 11 is 0. The SMILES string of the molecule is C#CCOCCOc1ccc(-c2nc(C(=O)NN)nc(-c3ccc(C4(C(F)(F)F)N=N4)cc3)c2C)cc1. The maximum atomic E-state index is 13.4. The zero-order chi connectivity index (χ0) is 26.6. The van der Waals surface area contributed by atoms with Crippen LogP contribution in [0.25, 0.3) is 22.5 Å². The molecule has 0 atom stereocenters. The fourth-order valence-corrected chi connectivity index (χ4v) is 3.61. The molecule has 0 bridgehead atoms. The topological polar surface area (TPSA) is 124 Å². The lowest BCUT2D eigenvalue weighted by molar-refractivity contribution is -0.166. The van der Waals surface area contributed by atoms with Gasteiger partial charge in [0, 0.05) is 22.3 Å². The molecule has 0 fully saturated rings. The van der Waals surface area contributed by atoms with Crippen LogP contribution in [0.1, 0.15) is 21.7 Å². The molecule has 0 radical (unpaired) electrons. The number of halogens is 3. The Morgan fingerprint density at radius 1 is 1.03 bits per heavy atom. The number of terminal acetylenes is 1. The molecule has 2 heterocycles. The van der Waals surface area contributed by atoms with Crippen LogP contribution in [0.4, 0.5) is 13.2 Å². The summed E-state index contributed by atoms with van der Waals surface area (Å²) in [5.41, 5.74) is 1.88. The number of rotatable bonds is 9. The number of carbonyl (C=O) groups is 1. The molecule has 1 amide bonds. The molecule has 1 aliphatic heterocycles. The number of hydrogen-bond acceptors (Lipinski definition) is 8. The summed E-state index contributed by atoms with van der Waals surface area (Å²) in [5, 5.41) is 6.44. The first-order chi connectivity index (χ1) is 17.7. The first-order valence-electron chi connectivity index (χ1n) is 11.0. The second-order valence-electron chi connectivity index (χ2n) is 7.92. The number of hydrogen-bond donors (Lipinski definition) is 2. The molecule has 0 saturated carbocycles. The van der Waals surface area contributed by atoms with E-state index in [0.717, 1.165) is 0 Å². The number of amides is 1. The van der Waals surface area contributed by atoms with Crippen LogP contribution in [0.15, 0.2) is 58.8 Å². The number of nitrogen functional groups attached to an aromatic ring is 1. The number of nitrogens with two attached hydrogens (primary N) is 1. The zero-order valence-corrected chi connectivity index (χ0v) is 19.5. The fraction of sp³-hybridized carbons (Fsp3) is 0.240.